The van der Waals surface area contributed by atoms with Gasteiger partial charge in [-0.25, -0.2) is 4.39 Å². The van der Waals surface area contributed by atoms with Gasteiger partial charge in [-0.05, 0) is 17.7 Å². The average Bonchev–Trinajstić information content (AvgIpc) is 2.52. The Morgan fingerprint density at radius 3 is 2.67 bits per heavy atom. The molecule has 2 aliphatic rings. The van der Waals surface area contributed by atoms with Gasteiger partial charge in [-0.15, -0.1) is 0 Å². The predicted octanol–water partition coefficient (Wildman–Crippen LogP) is 0.987. The highest BCUT2D eigenvalue weighted by Crippen LogP contribution is 2.33. The maximum absolute atomic E-state index is 13.2. The molecule has 0 saturated carbocycles. The van der Waals surface area contributed by atoms with Gasteiger partial charge in [-0.2, -0.15) is 13.2 Å². The van der Waals surface area contributed by atoms with E-state index >= 15 is 0 Å². The van der Waals surface area contributed by atoms with Crippen molar-refractivity contribution in [3.8, 4) is 0 Å². The number of hydrogen-bond donors (Lipinski definition) is 1. The van der Waals surface area contributed by atoms with E-state index in [-0.39, 0.29) is 31.2 Å². The second-order valence-corrected chi connectivity index (χ2v) is 5.90. The minimum atomic E-state index is -4.63. The van der Waals surface area contributed by atoms with E-state index in [1.165, 1.54) is 4.90 Å². The number of hydrogen-bond acceptors (Lipinski definition) is 3. The zero-order chi connectivity index (χ0) is 17.5. The van der Waals surface area contributed by atoms with Crippen LogP contribution in [0.1, 0.15) is 11.1 Å². The lowest BCUT2D eigenvalue weighted by Gasteiger charge is -2.43. The first-order chi connectivity index (χ1) is 11.3. The van der Waals surface area contributed by atoms with Crippen molar-refractivity contribution in [2.24, 2.45) is 0 Å². The molecular formula is C15H15F4N3O2. The lowest BCUT2D eigenvalue weighted by atomic mass is 10.0. The zero-order valence-electron chi connectivity index (χ0n) is 12.6. The quantitative estimate of drug-likeness (QED) is 0.642. The molecule has 2 saturated heterocycles. The second kappa shape index (κ2) is 6.04. The van der Waals surface area contributed by atoms with Gasteiger partial charge in [0.15, 0.2) is 0 Å². The number of nitrogens with zero attached hydrogens (tertiary/aromatic N) is 2. The minimum Gasteiger partial charge on any atom is -0.346 e. The molecule has 0 spiro atoms. The van der Waals surface area contributed by atoms with Crippen molar-refractivity contribution < 1.29 is 27.2 Å². The molecule has 2 amide bonds. The summed E-state index contributed by atoms with van der Waals surface area (Å²) in [4.78, 5) is 26.3. The fourth-order valence-corrected chi connectivity index (χ4v) is 3.11. The number of alkyl halides is 3. The number of carbonyl (C=O) groups is 2. The summed E-state index contributed by atoms with van der Waals surface area (Å²) in [5, 5.41) is 2.47. The molecule has 5 nitrogen and oxygen atoms in total. The molecule has 1 atom stereocenters. The van der Waals surface area contributed by atoms with Crippen LogP contribution in [-0.2, 0) is 22.3 Å². The molecule has 2 fully saturated rings. The Balaban J connectivity index is 1.74. The van der Waals surface area contributed by atoms with Crippen molar-refractivity contribution in [2.75, 3.05) is 26.2 Å². The van der Waals surface area contributed by atoms with Crippen molar-refractivity contribution in [1.29, 1.82) is 0 Å². The van der Waals surface area contributed by atoms with Gasteiger partial charge >= 0.3 is 18.0 Å². The Kier molecular flexibility index (Phi) is 4.20. The number of benzene rings is 1. The summed E-state index contributed by atoms with van der Waals surface area (Å²) in [5.74, 6) is -2.20. The summed E-state index contributed by atoms with van der Waals surface area (Å²) < 4.78 is 52.3. The van der Waals surface area contributed by atoms with Gasteiger partial charge in [0.25, 0.3) is 0 Å². The Morgan fingerprint density at radius 1 is 1.21 bits per heavy atom. The van der Waals surface area contributed by atoms with Crippen LogP contribution in [-0.4, -0.2) is 53.8 Å². The first kappa shape index (κ1) is 16.7. The van der Waals surface area contributed by atoms with Crippen LogP contribution >= 0.6 is 0 Å². The summed E-state index contributed by atoms with van der Waals surface area (Å²) >= 11 is 0. The summed E-state index contributed by atoms with van der Waals surface area (Å²) in [7, 11) is 0. The van der Waals surface area contributed by atoms with Crippen molar-refractivity contribution in [2.45, 2.75) is 18.8 Å². The molecule has 2 heterocycles. The topological polar surface area (TPSA) is 52.7 Å². The third-order valence-electron chi connectivity index (χ3n) is 4.29. The molecule has 24 heavy (non-hydrogen) atoms. The smallest absolute Gasteiger partial charge is 0.346 e. The van der Waals surface area contributed by atoms with E-state index in [0.29, 0.717) is 19.2 Å². The van der Waals surface area contributed by atoms with Crippen LogP contribution in [0.15, 0.2) is 18.2 Å². The molecule has 3 rings (SSSR count). The third-order valence-corrected chi connectivity index (χ3v) is 4.29. The fourth-order valence-electron chi connectivity index (χ4n) is 3.11. The molecule has 130 valence electrons. The first-order valence-corrected chi connectivity index (χ1v) is 7.42. The van der Waals surface area contributed by atoms with Crippen LogP contribution in [0.2, 0.25) is 0 Å². The van der Waals surface area contributed by atoms with Gasteiger partial charge in [-0.3, -0.25) is 14.5 Å². The van der Waals surface area contributed by atoms with E-state index in [9.17, 15) is 27.2 Å². The summed E-state index contributed by atoms with van der Waals surface area (Å²) in [6.45, 7) is 1.25. The van der Waals surface area contributed by atoms with Crippen LogP contribution in [0.3, 0.4) is 0 Å². The average molecular weight is 345 g/mol. The molecule has 2 aliphatic heterocycles. The number of rotatable bonds is 2. The van der Waals surface area contributed by atoms with Crippen molar-refractivity contribution in [1.82, 2.24) is 15.1 Å². The van der Waals surface area contributed by atoms with Gasteiger partial charge in [0.1, 0.15) is 5.82 Å². The molecular weight excluding hydrogens is 330 g/mol. The van der Waals surface area contributed by atoms with Crippen LogP contribution in [0.5, 0.6) is 0 Å². The fraction of sp³-hybridized carbons (Fsp3) is 0.467. The van der Waals surface area contributed by atoms with E-state index in [1.54, 1.807) is 4.90 Å². The summed E-state index contributed by atoms with van der Waals surface area (Å²) in [5.41, 5.74) is -0.999. The molecule has 1 aromatic carbocycles. The first-order valence-electron chi connectivity index (χ1n) is 7.42. The van der Waals surface area contributed by atoms with Gasteiger partial charge in [0.2, 0.25) is 0 Å². The van der Waals surface area contributed by atoms with Gasteiger partial charge in [-0.1, -0.05) is 6.07 Å². The van der Waals surface area contributed by atoms with E-state index < -0.39 is 29.4 Å². The SMILES string of the molecule is O=C1NC[C@H]2CN(Cc3ccc(F)cc3C(F)(F)F)CCN2C1=O. The van der Waals surface area contributed by atoms with Gasteiger partial charge in [0, 0.05) is 32.7 Å². The standard InChI is InChI=1S/C15H15F4N3O2/c16-10-2-1-9(12(5-10)15(17,18)19)7-21-3-4-22-11(8-21)6-20-13(23)14(22)24/h1-2,5,11H,3-4,6-8H2,(H,20,23)/t11-/m0/s1. The number of nitrogens with one attached hydrogen (secondary N) is 1. The zero-order valence-corrected chi connectivity index (χ0v) is 12.6. The Hall–Kier alpha value is -2.16. The van der Waals surface area contributed by atoms with E-state index in [4.69, 9.17) is 0 Å². The molecule has 0 aliphatic carbocycles. The maximum atomic E-state index is 13.2. The number of fused-ring (bicyclic) bond motifs is 1. The largest absolute Gasteiger partial charge is 0.416 e. The molecule has 1 aromatic rings. The van der Waals surface area contributed by atoms with Crippen LogP contribution < -0.4 is 5.32 Å². The molecule has 0 unspecified atom stereocenters. The lowest BCUT2D eigenvalue weighted by Crippen LogP contribution is -2.65. The van der Waals surface area contributed by atoms with E-state index in [2.05, 4.69) is 5.32 Å². The maximum Gasteiger partial charge on any atom is 0.416 e. The second-order valence-electron chi connectivity index (χ2n) is 5.90. The minimum absolute atomic E-state index is 0.00159. The number of carbonyl (C=O) groups excluding carboxylic acids is 2. The van der Waals surface area contributed by atoms with Gasteiger partial charge in [0.05, 0.1) is 11.6 Å². The number of halogens is 4. The normalized spacial score (nSPS) is 22.3. The molecule has 1 N–H and O–H groups in total. The van der Waals surface area contributed by atoms with Crippen LogP contribution in [0.25, 0.3) is 0 Å². The predicted molar refractivity (Wildman–Crippen MR) is 75.2 cm³/mol. The Labute approximate surface area is 135 Å². The highest BCUT2D eigenvalue weighted by atomic mass is 19.4. The van der Waals surface area contributed by atoms with Crippen LogP contribution in [0.4, 0.5) is 17.6 Å². The van der Waals surface area contributed by atoms with E-state index in [0.717, 1.165) is 12.1 Å². The number of amides is 2. The van der Waals surface area contributed by atoms with Crippen molar-refractivity contribution in [3.63, 3.8) is 0 Å². The molecule has 0 radical (unpaired) electrons. The monoisotopic (exact) mass is 345 g/mol. The highest BCUT2D eigenvalue weighted by Gasteiger charge is 2.39. The number of piperazine rings is 2. The van der Waals surface area contributed by atoms with Gasteiger partial charge < -0.3 is 10.2 Å². The molecule has 0 aromatic heterocycles. The third kappa shape index (κ3) is 3.21. The molecule has 9 heteroatoms. The van der Waals surface area contributed by atoms with Crippen molar-refractivity contribution >= 4 is 11.8 Å². The summed E-state index contributed by atoms with van der Waals surface area (Å²) in [6.07, 6.45) is -4.63. The Morgan fingerprint density at radius 2 is 1.96 bits per heavy atom. The lowest BCUT2D eigenvalue weighted by molar-refractivity contribution is -0.152. The Bertz CT molecular complexity index is 677. The van der Waals surface area contributed by atoms with Crippen LogP contribution in [0, 0.1) is 5.82 Å². The van der Waals surface area contributed by atoms with E-state index in [1.807, 2.05) is 0 Å². The van der Waals surface area contributed by atoms with Crippen molar-refractivity contribution in [3.05, 3.63) is 35.1 Å². The summed E-state index contributed by atoms with van der Waals surface area (Å²) in [6, 6.07) is 2.37. The molecule has 0 bridgehead atoms. The highest BCUT2D eigenvalue weighted by molar-refractivity contribution is 6.35.